The number of hydrogen-bond donors (Lipinski definition) is 2. The molecule has 0 aromatic heterocycles. The summed E-state index contributed by atoms with van der Waals surface area (Å²) in [6.07, 6.45) is -0.740. The second kappa shape index (κ2) is 7.96. The normalized spacial score (nSPS) is 10.8. The summed E-state index contributed by atoms with van der Waals surface area (Å²) in [6.45, 7) is 4.70. The van der Waals surface area contributed by atoms with E-state index >= 15 is 0 Å². The number of hydrogen-bond acceptors (Lipinski definition) is 5. The maximum absolute atomic E-state index is 11.7. The van der Waals surface area contributed by atoms with Crippen molar-refractivity contribution in [2.24, 2.45) is 0 Å². The first-order valence-corrected chi connectivity index (χ1v) is 7.84. The van der Waals surface area contributed by atoms with Gasteiger partial charge in [0.15, 0.2) is 0 Å². The highest BCUT2D eigenvalue weighted by Crippen LogP contribution is 2.20. The highest BCUT2D eigenvalue weighted by molar-refractivity contribution is 9.08. The molecule has 1 aromatic carbocycles. The van der Waals surface area contributed by atoms with Crippen molar-refractivity contribution < 1.29 is 29.0 Å². The number of alkyl halides is 1. The zero-order valence-corrected chi connectivity index (χ0v) is 14.6. The number of ether oxygens (including phenoxy) is 2. The Hall–Kier alpha value is -2.09. The molecule has 0 saturated heterocycles. The minimum Gasteiger partial charge on any atom is -0.478 e. The van der Waals surface area contributed by atoms with Gasteiger partial charge in [-0.25, -0.2) is 14.4 Å². The van der Waals surface area contributed by atoms with E-state index in [-0.39, 0.29) is 11.3 Å². The smallest absolute Gasteiger partial charge is 0.408 e. The molecule has 0 aliphatic heterocycles. The number of carboxylic acids is 1. The molecule has 0 spiro atoms. The quantitative estimate of drug-likeness (QED) is 0.457. The third-order valence-corrected chi connectivity index (χ3v) is 3.07. The van der Waals surface area contributed by atoms with Crippen LogP contribution in [-0.4, -0.2) is 35.3 Å². The van der Waals surface area contributed by atoms with Crippen molar-refractivity contribution >= 4 is 34.0 Å². The second-order valence-electron chi connectivity index (χ2n) is 5.59. The maximum atomic E-state index is 11.7. The molecule has 0 aliphatic carbocycles. The molecule has 0 aliphatic rings. The van der Waals surface area contributed by atoms with Crippen molar-refractivity contribution in [2.75, 3.05) is 6.54 Å². The SMILES string of the molecule is CC(C)(C)OC(=O)NCC(=O)Oc1ccc(CBr)c(C(=O)O)c1. The number of rotatable bonds is 5. The number of carboxylic acid groups (broad SMARTS) is 1. The highest BCUT2D eigenvalue weighted by atomic mass is 79.9. The highest BCUT2D eigenvalue weighted by Gasteiger charge is 2.17. The van der Waals surface area contributed by atoms with Gasteiger partial charge in [-0.1, -0.05) is 22.0 Å². The number of nitrogens with one attached hydrogen (secondary N) is 1. The molecule has 8 heteroatoms. The minimum absolute atomic E-state index is 0.0345. The van der Waals surface area contributed by atoms with Crippen molar-refractivity contribution in [1.29, 1.82) is 0 Å². The van der Waals surface area contributed by atoms with Crippen molar-refractivity contribution in [3.63, 3.8) is 0 Å². The molecular weight excluding hydrogens is 370 g/mol. The number of aromatic carboxylic acids is 1. The maximum Gasteiger partial charge on any atom is 0.408 e. The van der Waals surface area contributed by atoms with E-state index in [9.17, 15) is 14.4 Å². The van der Waals surface area contributed by atoms with Gasteiger partial charge in [0.2, 0.25) is 0 Å². The van der Waals surface area contributed by atoms with Crippen LogP contribution in [0, 0.1) is 0 Å². The molecular formula is C15H18BrNO6. The first-order valence-electron chi connectivity index (χ1n) is 6.72. The van der Waals surface area contributed by atoms with Gasteiger partial charge in [0.1, 0.15) is 17.9 Å². The van der Waals surface area contributed by atoms with Crippen LogP contribution < -0.4 is 10.1 Å². The number of esters is 1. The van der Waals surface area contributed by atoms with Gasteiger partial charge in [0, 0.05) is 5.33 Å². The van der Waals surface area contributed by atoms with Crippen LogP contribution in [-0.2, 0) is 14.9 Å². The number of amides is 1. The van der Waals surface area contributed by atoms with E-state index in [0.29, 0.717) is 10.9 Å². The predicted octanol–water partition coefficient (Wildman–Crippen LogP) is 2.71. The molecule has 0 bridgehead atoms. The van der Waals surface area contributed by atoms with E-state index in [2.05, 4.69) is 21.2 Å². The van der Waals surface area contributed by atoms with Crippen LogP contribution in [0.2, 0.25) is 0 Å². The fourth-order valence-corrected chi connectivity index (χ4v) is 2.05. The lowest BCUT2D eigenvalue weighted by atomic mass is 10.1. The van der Waals surface area contributed by atoms with Gasteiger partial charge in [0.05, 0.1) is 5.56 Å². The summed E-state index contributed by atoms with van der Waals surface area (Å²) >= 11 is 3.18. The first kappa shape index (κ1) is 19.0. The molecule has 0 radical (unpaired) electrons. The Labute approximate surface area is 142 Å². The molecule has 126 valence electrons. The molecule has 1 rings (SSSR count). The van der Waals surface area contributed by atoms with Crippen molar-refractivity contribution in [2.45, 2.75) is 31.7 Å². The number of halogens is 1. The lowest BCUT2D eigenvalue weighted by Crippen LogP contribution is -2.36. The van der Waals surface area contributed by atoms with E-state index in [0.717, 1.165) is 0 Å². The number of alkyl carbamates (subject to hydrolysis) is 1. The van der Waals surface area contributed by atoms with Gasteiger partial charge in [0.25, 0.3) is 0 Å². The lowest BCUT2D eigenvalue weighted by molar-refractivity contribution is -0.133. The summed E-state index contributed by atoms with van der Waals surface area (Å²) in [7, 11) is 0. The van der Waals surface area contributed by atoms with Crippen molar-refractivity contribution in [3.05, 3.63) is 29.3 Å². The van der Waals surface area contributed by atoms with Gasteiger partial charge in [-0.2, -0.15) is 0 Å². The van der Waals surface area contributed by atoms with Crippen molar-refractivity contribution in [1.82, 2.24) is 5.32 Å². The van der Waals surface area contributed by atoms with Gasteiger partial charge >= 0.3 is 18.0 Å². The fraction of sp³-hybridized carbons (Fsp3) is 0.400. The molecule has 0 unspecified atom stereocenters. The first-order chi connectivity index (χ1) is 10.6. The minimum atomic E-state index is -1.12. The Morgan fingerprint density at radius 2 is 1.91 bits per heavy atom. The molecule has 23 heavy (non-hydrogen) atoms. The summed E-state index contributed by atoms with van der Waals surface area (Å²) < 4.78 is 9.98. The van der Waals surface area contributed by atoms with E-state index < -0.39 is 30.2 Å². The van der Waals surface area contributed by atoms with E-state index in [1.165, 1.54) is 12.1 Å². The van der Waals surface area contributed by atoms with Crippen LogP contribution >= 0.6 is 15.9 Å². The van der Waals surface area contributed by atoms with Crippen molar-refractivity contribution in [3.8, 4) is 5.75 Å². The third kappa shape index (κ3) is 6.68. The van der Waals surface area contributed by atoms with Gasteiger partial charge in [-0.3, -0.25) is 0 Å². The Morgan fingerprint density at radius 1 is 1.26 bits per heavy atom. The topological polar surface area (TPSA) is 102 Å². The molecule has 0 saturated carbocycles. The average Bonchev–Trinajstić information content (AvgIpc) is 2.43. The summed E-state index contributed by atoms with van der Waals surface area (Å²) in [6, 6.07) is 4.28. The number of carbonyl (C=O) groups is 3. The summed E-state index contributed by atoms with van der Waals surface area (Å²) in [5.74, 6) is -1.77. The molecule has 0 fully saturated rings. The van der Waals surface area contributed by atoms with Crippen LogP contribution in [0.3, 0.4) is 0 Å². The monoisotopic (exact) mass is 387 g/mol. The van der Waals surface area contributed by atoms with Crippen LogP contribution in [0.1, 0.15) is 36.7 Å². The molecule has 0 atom stereocenters. The molecule has 7 nitrogen and oxygen atoms in total. The van der Waals surface area contributed by atoms with Gasteiger partial charge in [-0.15, -0.1) is 0 Å². The van der Waals surface area contributed by atoms with Gasteiger partial charge < -0.3 is 19.9 Å². The van der Waals surface area contributed by atoms with Crippen LogP contribution in [0.15, 0.2) is 18.2 Å². The molecule has 1 aromatic rings. The Bertz CT molecular complexity index is 608. The molecule has 1 amide bonds. The molecule has 2 N–H and O–H groups in total. The lowest BCUT2D eigenvalue weighted by Gasteiger charge is -2.19. The summed E-state index contributed by atoms with van der Waals surface area (Å²) in [5, 5.41) is 11.7. The Balaban J connectivity index is 2.63. The van der Waals surface area contributed by atoms with Crippen LogP contribution in [0.25, 0.3) is 0 Å². The average molecular weight is 388 g/mol. The largest absolute Gasteiger partial charge is 0.478 e. The number of benzene rings is 1. The Kier molecular flexibility index (Phi) is 6.56. The fourth-order valence-electron chi connectivity index (χ4n) is 1.56. The van der Waals surface area contributed by atoms with Crippen LogP contribution in [0.4, 0.5) is 4.79 Å². The molecule has 0 heterocycles. The van der Waals surface area contributed by atoms with E-state index in [1.54, 1.807) is 26.8 Å². The van der Waals surface area contributed by atoms with E-state index in [1.807, 2.05) is 0 Å². The van der Waals surface area contributed by atoms with Gasteiger partial charge in [-0.05, 0) is 38.5 Å². The zero-order valence-electron chi connectivity index (χ0n) is 13.0. The second-order valence-corrected chi connectivity index (χ2v) is 6.15. The third-order valence-electron chi connectivity index (χ3n) is 2.46. The summed E-state index contributed by atoms with van der Waals surface area (Å²) in [4.78, 5) is 34.2. The number of carbonyl (C=O) groups excluding carboxylic acids is 2. The standard InChI is InChI=1S/C15H18BrNO6/c1-15(2,3)23-14(21)17-8-12(18)22-10-5-4-9(7-16)11(6-10)13(19)20/h4-6H,7-8H2,1-3H3,(H,17,21)(H,19,20). The predicted molar refractivity (Wildman–Crippen MR) is 85.9 cm³/mol. The Morgan fingerprint density at radius 3 is 2.43 bits per heavy atom. The zero-order chi connectivity index (χ0) is 17.6. The van der Waals surface area contributed by atoms with Crippen LogP contribution in [0.5, 0.6) is 5.75 Å². The van der Waals surface area contributed by atoms with E-state index in [4.69, 9.17) is 14.6 Å². The summed E-state index contributed by atoms with van der Waals surface area (Å²) in [5.41, 5.74) is -0.0768.